The Morgan fingerprint density at radius 2 is 1.07 bits per heavy atom. The highest BCUT2D eigenvalue weighted by molar-refractivity contribution is 14.1. The number of benzene rings is 1. The van der Waals surface area contributed by atoms with Gasteiger partial charge in [0, 0.05) is 3.57 Å². The van der Waals surface area contributed by atoms with Crippen molar-refractivity contribution < 1.29 is 18.6 Å². The van der Waals surface area contributed by atoms with E-state index < -0.39 is 36.6 Å². The van der Waals surface area contributed by atoms with Gasteiger partial charge in [-0.3, -0.25) is 0 Å². The first-order valence-corrected chi connectivity index (χ1v) is 10.9. The SMILES string of the molecule is CC(=C(B1OC(C)(C)C(C)(C)O1)B1OC(C)(C)C(C)(C)O1)c1ccccc1I. The van der Waals surface area contributed by atoms with Crippen LogP contribution in [0, 0.1) is 3.57 Å². The molecule has 0 atom stereocenters. The van der Waals surface area contributed by atoms with Gasteiger partial charge in [0.25, 0.3) is 0 Å². The zero-order valence-electron chi connectivity index (χ0n) is 18.5. The molecule has 0 radical (unpaired) electrons. The number of hydrogen-bond donors (Lipinski definition) is 0. The fraction of sp³-hybridized carbons (Fsp3) is 0.619. The van der Waals surface area contributed by atoms with Crippen molar-refractivity contribution in [1.82, 2.24) is 0 Å². The molecule has 0 aliphatic carbocycles. The van der Waals surface area contributed by atoms with Gasteiger partial charge in [-0.2, -0.15) is 0 Å². The van der Waals surface area contributed by atoms with Crippen LogP contribution in [-0.4, -0.2) is 36.6 Å². The van der Waals surface area contributed by atoms with E-state index in [4.69, 9.17) is 18.6 Å². The van der Waals surface area contributed by atoms with Crippen LogP contribution in [0.4, 0.5) is 0 Å². The highest BCUT2D eigenvalue weighted by atomic mass is 127. The first kappa shape index (κ1) is 22.3. The first-order valence-electron chi connectivity index (χ1n) is 9.85. The van der Waals surface area contributed by atoms with Crippen molar-refractivity contribution >= 4 is 42.4 Å². The Kier molecular flexibility index (Phi) is 5.68. The van der Waals surface area contributed by atoms with E-state index in [1.165, 1.54) is 3.57 Å². The van der Waals surface area contributed by atoms with Crippen LogP contribution in [0.3, 0.4) is 0 Å². The van der Waals surface area contributed by atoms with Gasteiger partial charge in [0.05, 0.1) is 22.4 Å². The maximum absolute atomic E-state index is 6.41. The zero-order valence-corrected chi connectivity index (χ0v) is 20.6. The lowest BCUT2D eigenvalue weighted by molar-refractivity contribution is 0.00578. The number of hydrogen-bond acceptors (Lipinski definition) is 4. The maximum atomic E-state index is 6.41. The lowest BCUT2D eigenvalue weighted by Crippen LogP contribution is -2.41. The summed E-state index contributed by atoms with van der Waals surface area (Å²) < 4.78 is 26.8. The first-order chi connectivity index (χ1) is 12.7. The van der Waals surface area contributed by atoms with Crippen molar-refractivity contribution in [3.8, 4) is 0 Å². The average molecular weight is 496 g/mol. The topological polar surface area (TPSA) is 36.9 Å². The molecule has 2 saturated heterocycles. The van der Waals surface area contributed by atoms with Crippen molar-refractivity contribution in [3.05, 3.63) is 38.8 Å². The molecule has 2 fully saturated rings. The Morgan fingerprint density at radius 1 is 0.714 bits per heavy atom. The van der Waals surface area contributed by atoms with E-state index in [2.05, 4.69) is 97.0 Å². The molecule has 0 unspecified atom stereocenters. The molecular formula is C21H31B2IO4. The summed E-state index contributed by atoms with van der Waals surface area (Å²) in [6.07, 6.45) is 0. The largest absolute Gasteiger partial charge is 0.486 e. The number of rotatable bonds is 3. The summed E-state index contributed by atoms with van der Waals surface area (Å²) in [5, 5.41) is 0.904. The van der Waals surface area contributed by atoms with Crippen LogP contribution in [0.25, 0.3) is 5.57 Å². The van der Waals surface area contributed by atoms with E-state index in [1.807, 2.05) is 12.1 Å². The lowest BCUT2D eigenvalue weighted by Gasteiger charge is -2.32. The van der Waals surface area contributed by atoms with E-state index in [9.17, 15) is 0 Å². The fourth-order valence-corrected chi connectivity index (χ4v) is 4.12. The Bertz CT molecular complexity index is 731. The molecule has 0 saturated carbocycles. The van der Waals surface area contributed by atoms with Crippen molar-refractivity contribution in [3.63, 3.8) is 0 Å². The highest BCUT2D eigenvalue weighted by Gasteiger charge is 2.60. The highest BCUT2D eigenvalue weighted by Crippen LogP contribution is 2.45. The van der Waals surface area contributed by atoms with Crippen LogP contribution in [-0.2, 0) is 18.6 Å². The van der Waals surface area contributed by atoms with E-state index in [1.54, 1.807) is 0 Å². The molecule has 0 bridgehead atoms. The van der Waals surface area contributed by atoms with Crippen molar-refractivity contribution in [1.29, 1.82) is 0 Å². The molecule has 152 valence electrons. The van der Waals surface area contributed by atoms with Crippen molar-refractivity contribution in [2.75, 3.05) is 0 Å². The predicted molar refractivity (Wildman–Crippen MR) is 124 cm³/mol. The summed E-state index contributed by atoms with van der Waals surface area (Å²) in [5.74, 6) is 0. The molecule has 0 aromatic heterocycles. The zero-order chi connectivity index (χ0) is 21.1. The molecule has 28 heavy (non-hydrogen) atoms. The summed E-state index contributed by atoms with van der Waals surface area (Å²) in [6, 6.07) is 8.31. The Labute approximate surface area is 184 Å². The summed E-state index contributed by atoms with van der Waals surface area (Å²) in [6.45, 7) is 18.6. The van der Waals surface area contributed by atoms with E-state index in [0.717, 1.165) is 16.5 Å². The van der Waals surface area contributed by atoms with E-state index >= 15 is 0 Å². The van der Waals surface area contributed by atoms with Gasteiger partial charge in [-0.15, -0.1) is 0 Å². The van der Waals surface area contributed by atoms with Gasteiger partial charge < -0.3 is 18.6 Å². The number of allylic oxidation sites excluding steroid dienone is 1. The van der Waals surface area contributed by atoms with Gasteiger partial charge in [-0.05, 0) is 102 Å². The molecule has 0 spiro atoms. The molecule has 7 heteroatoms. The molecule has 1 aromatic rings. The predicted octanol–water partition coefficient (Wildman–Crippen LogP) is 5.33. The second-order valence-corrected chi connectivity index (χ2v) is 10.9. The normalized spacial score (nSPS) is 24.5. The fourth-order valence-electron chi connectivity index (χ4n) is 3.33. The van der Waals surface area contributed by atoms with Crippen LogP contribution in [0.15, 0.2) is 29.6 Å². The minimum Gasteiger partial charge on any atom is -0.400 e. The van der Waals surface area contributed by atoms with Gasteiger partial charge in [-0.25, -0.2) is 0 Å². The molecule has 2 aliphatic heterocycles. The Balaban J connectivity index is 2.12. The van der Waals surface area contributed by atoms with E-state index in [-0.39, 0.29) is 0 Å². The third-order valence-electron chi connectivity index (χ3n) is 6.73. The Morgan fingerprint density at radius 3 is 1.43 bits per heavy atom. The van der Waals surface area contributed by atoms with Gasteiger partial charge >= 0.3 is 14.2 Å². The minimum absolute atomic E-state index is 0.434. The molecule has 2 heterocycles. The van der Waals surface area contributed by atoms with Crippen LogP contribution < -0.4 is 0 Å². The number of halogens is 1. The lowest BCUT2D eigenvalue weighted by atomic mass is 9.55. The summed E-state index contributed by atoms with van der Waals surface area (Å²) in [5.41, 5.74) is 0.477. The minimum atomic E-state index is -0.532. The molecule has 3 rings (SSSR count). The molecule has 4 nitrogen and oxygen atoms in total. The quantitative estimate of drug-likeness (QED) is 0.419. The van der Waals surface area contributed by atoms with E-state index in [0.29, 0.717) is 0 Å². The summed E-state index contributed by atoms with van der Waals surface area (Å²) >= 11 is 2.37. The standard InChI is InChI=1S/C21H31B2IO4/c1-14(15-12-10-11-13-16(15)24)17(22-25-18(2,3)19(4,5)26-22)23-27-20(6,7)21(8,9)28-23/h10-13H,1-9H3. The van der Waals surface area contributed by atoms with Crippen LogP contribution in [0.1, 0.15) is 67.9 Å². The van der Waals surface area contributed by atoms with Crippen molar-refractivity contribution in [2.24, 2.45) is 0 Å². The molecule has 0 amide bonds. The third kappa shape index (κ3) is 3.73. The Hall–Kier alpha value is -0.340. The smallest absolute Gasteiger partial charge is 0.400 e. The summed E-state index contributed by atoms with van der Waals surface area (Å²) in [7, 11) is -1.06. The second kappa shape index (κ2) is 7.12. The monoisotopic (exact) mass is 496 g/mol. The van der Waals surface area contributed by atoms with Gasteiger partial charge in [0.1, 0.15) is 0 Å². The van der Waals surface area contributed by atoms with Gasteiger partial charge in [-0.1, -0.05) is 23.8 Å². The van der Waals surface area contributed by atoms with Crippen LogP contribution >= 0.6 is 22.6 Å². The van der Waals surface area contributed by atoms with Crippen LogP contribution in [0.5, 0.6) is 0 Å². The third-order valence-corrected chi connectivity index (χ3v) is 7.67. The maximum Gasteiger partial charge on any atom is 0.486 e. The van der Waals surface area contributed by atoms with Gasteiger partial charge in [0.15, 0.2) is 0 Å². The summed E-state index contributed by atoms with van der Waals surface area (Å²) in [4.78, 5) is 0. The van der Waals surface area contributed by atoms with Crippen molar-refractivity contribution in [2.45, 2.75) is 84.7 Å². The second-order valence-electron chi connectivity index (χ2n) is 9.74. The molecule has 2 aliphatic rings. The molecule has 0 N–H and O–H groups in total. The molecule has 1 aromatic carbocycles. The van der Waals surface area contributed by atoms with Gasteiger partial charge in [0.2, 0.25) is 0 Å². The average Bonchev–Trinajstić information content (AvgIpc) is 2.87. The van der Waals surface area contributed by atoms with Crippen LogP contribution in [0.2, 0.25) is 0 Å². The molecular weight excluding hydrogens is 465 g/mol.